The van der Waals surface area contributed by atoms with E-state index in [1.165, 1.54) is 0 Å². The molecule has 1 amide bonds. The van der Waals surface area contributed by atoms with Crippen molar-refractivity contribution in [2.45, 2.75) is 59.5 Å². The molecular formula is C15H22N2O. The Balaban J connectivity index is 2.58. The SMILES string of the molecule is Cc1cc2c(nc1C)C(=O)N(C(C)C)C(C)(C)C2. The number of amides is 1. The van der Waals surface area contributed by atoms with Crippen LogP contribution in [0.15, 0.2) is 6.07 Å². The smallest absolute Gasteiger partial charge is 0.273 e. The van der Waals surface area contributed by atoms with Crippen LogP contribution in [0.4, 0.5) is 0 Å². The second kappa shape index (κ2) is 4.08. The first-order valence-electron chi connectivity index (χ1n) is 6.55. The maximum absolute atomic E-state index is 12.6. The average Bonchev–Trinajstić information content (AvgIpc) is 2.19. The van der Waals surface area contributed by atoms with E-state index in [0.717, 1.165) is 23.2 Å². The van der Waals surface area contributed by atoms with Crippen molar-refractivity contribution >= 4 is 5.91 Å². The number of rotatable bonds is 1. The topological polar surface area (TPSA) is 33.2 Å². The van der Waals surface area contributed by atoms with E-state index >= 15 is 0 Å². The summed E-state index contributed by atoms with van der Waals surface area (Å²) in [6.45, 7) is 12.4. The van der Waals surface area contributed by atoms with Gasteiger partial charge >= 0.3 is 0 Å². The van der Waals surface area contributed by atoms with E-state index in [1.54, 1.807) is 0 Å². The van der Waals surface area contributed by atoms with Gasteiger partial charge in [0.2, 0.25) is 0 Å². The van der Waals surface area contributed by atoms with E-state index in [2.05, 4.69) is 45.7 Å². The molecule has 0 atom stereocenters. The maximum atomic E-state index is 12.6. The highest BCUT2D eigenvalue weighted by atomic mass is 16.2. The van der Waals surface area contributed by atoms with Crippen molar-refractivity contribution in [3.8, 4) is 0 Å². The molecule has 0 N–H and O–H groups in total. The third-order valence-corrected chi connectivity index (χ3v) is 3.76. The number of hydrogen-bond donors (Lipinski definition) is 0. The molecule has 0 bridgehead atoms. The second-order valence-electron chi connectivity index (χ2n) is 6.16. The zero-order valence-corrected chi connectivity index (χ0v) is 12.2. The van der Waals surface area contributed by atoms with Gasteiger partial charge in [0.25, 0.3) is 5.91 Å². The Bertz CT molecular complexity index is 503. The molecule has 0 saturated heterocycles. The molecule has 0 fully saturated rings. The van der Waals surface area contributed by atoms with Gasteiger partial charge < -0.3 is 4.90 Å². The molecule has 98 valence electrons. The number of aromatic nitrogens is 1. The van der Waals surface area contributed by atoms with E-state index in [1.807, 2.05) is 11.8 Å². The molecule has 18 heavy (non-hydrogen) atoms. The summed E-state index contributed by atoms with van der Waals surface area (Å²) in [4.78, 5) is 19.1. The lowest BCUT2D eigenvalue weighted by Gasteiger charge is -2.45. The lowest BCUT2D eigenvalue weighted by atomic mass is 9.85. The van der Waals surface area contributed by atoms with Crippen molar-refractivity contribution in [1.29, 1.82) is 0 Å². The molecule has 0 aliphatic carbocycles. The van der Waals surface area contributed by atoms with Gasteiger partial charge in [0.05, 0.1) is 0 Å². The molecule has 2 heterocycles. The number of carbonyl (C=O) groups is 1. The highest BCUT2D eigenvalue weighted by molar-refractivity contribution is 5.96. The second-order valence-corrected chi connectivity index (χ2v) is 6.16. The molecule has 1 aromatic rings. The molecule has 1 aromatic heterocycles. The third-order valence-electron chi connectivity index (χ3n) is 3.76. The van der Waals surface area contributed by atoms with Crippen molar-refractivity contribution in [3.05, 3.63) is 28.6 Å². The Morgan fingerprint density at radius 1 is 1.33 bits per heavy atom. The predicted octanol–water partition coefficient (Wildman–Crippen LogP) is 2.88. The van der Waals surface area contributed by atoms with Crippen LogP contribution in [0, 0.1) is 13.8 Å². The zero-order chi connectivity index (χ0) is 13.7. The predicted molar refractivity (Wildman–Crippen MR) is 72.8 cm³/mol. The van der Waals surface area contributed by atoms with Crippen LogP contribution in [0.25, 0.3) is 0 Å². The van der Waals surface area contributed by atoms with E-state index in [-0.39, 0.29) is 17.5 Å². The Labute approximate surface area is 109 Å². The Morgan fingerprint density at radius 3 is 2.50 bits per heavy atom. The summed E-state index contributed by atoms with van der Waals surface area (Å²) >= 11 is 0. The zero-order valence-electron chi connectivity index (χ0n) is 12.2. The lowest BCUT2D eigenvalue weighted by molar-refractivity contribution is 0.0395. The minimum absolute atomic E-state index is 0.0688. The number of fused-ring (bicyclic) bond motifs is 1. The van der Waals surface area contributed by atoms with Crippen LogP contribution in [0.1, 0.15) is 55.0 Å². The molecule has 0 unspecified atom stereocenters. The summed E-state index contributed by atoms with van der Waals surface area (Å²) < 4.78 is 0. The first-order valence-corrected chi connectivity index (χ1v) is 6.55. The van der Waals surface area contributed by atoms with Crippen LogP contribution >= 0.6 is 0 Å². The maximum Gasteiger partial charge on any atom is 0.273 e. The largest absolute Gasteiger partial charge is 0.329 e. The first kappa shape index (κ1) is 13.1. The van der Waals surface area contributed by atoms with Crippen LogP contribution < -0.4 is 0 Å². The third kappa shape index (κ3) is 1.92. The molecule has 3 heteroatoms. The van der Waals surface area contributed by atoms with E-state index in [9.17, 15) is 4.79 Å². The summed E-state index contributed by atoms with van der Waals surface area (Å²) in [7, 11) is 0. The molecule has 0 spiro atoms. The fourth-order valence-corrected chi connectivity index (χ4v) is 2.96. The van der Waals surface area contributed by atoms with Gasteiger partial charge in [0.1, 0.15) is 5.69 Å². The Kier molecular flexibility index (Phi) is 2.96. The molecule has 3 nitrogen and oxygen atoms in total. The van der Waals surface area contributed by atoms with Gasteiger partial charge in [-0.3, -0.25) is 4.79 Å². The van der Waals surface area contributed by atoms with Crippen LogP contribution in [-0.4, -0.2) is 27.4 Å². The fraction of sp³-hybridized carbons (Fsp3) is 0.600. The lowest BCUT2D eigenvalue weighted by Crippen LogP contribution is -2.56. The normalized spacial score (nSPS) is 18.2. The fourth-order valence-electron chi connectivity index (χ4n) is 2.96. The van der Waals surface area contributed by atoms with E-state index < -0.39 is 0 Å². The van der Waals surface area contributed by atoms with Crippen LogP contribution in [0.3, 0.4) is 0 Å². The van der Waals surface area contributed by atoms with Crippen molar-refractivity contribution in [2.75, 3.05) is 0 Å². The van der Waals surface area contributed by atoms with E-state index in [4.69, 9.17) is 0 Å². The number of aryl methyl sites for hydroxylation is 2. The number of nitrogens with zero attached hydrogens (tertiary/aromatic N) is 2. The van der Waals surface area contributed by atoms with Gasteiger partial charge in [-0.1, -0.05) is 6.07 Å². The van der Waals surface area contributed by atoms with Crippen LogP contribution in [0.5, 0.6) is 0 Å². The van der Waals surface area contributed by atoms with Crippen LogP contribution in [-0.2, 0) is 6.42 Å². The van der Waals surface area contributed by atoms with E-state index in [0.29, 0.717) is 5.69 Å². The summed E-state index contributed by atoms with van der Waals surface area (Å²) in [5.41, 5.74) is 3.71. The minimum Gasteiger partial charge on any atom is -0.329 e. The molecule has 2 rings (SSSR count). The summed E-state index contributed by atoms with van der Waals surface area (Å²) in [6, 6.07) is 2.32. The van der Waals surface area contributed by atoms with Crippen molar-refractivity contribution in [3.63, 3.8) is 0 Å². The number of pyridine rings is 1. The van der Waals surface area contributed by atoms with Gasteiger partial charge in [-0.2, -0.15) is 0 Å². The molecular weight excluding hydrogens is 224 g/mol. The Morgan fingerprint density at radius 2 is 1.94 bits per heavy atom. The molecule has 0 aromatic carbocycles. The summed E-state index contributed by atoms with van der Waals surface area (Å²) in [5.74, 6) is 0.0688. The highest BCUT2D eigenvalue weighted by Gasteiger charge is 2.40. The van der Waals surface area contributed by atoms with Gasteiger partial charge in [-0.25, -0.2) is 4.98 Å². The summed E-state index contributed by atoms with van der Waals surface area (Å²) in [5, 5.41) is 0. The molecule has 1 aliphatic heterocycles. The standard InChI is InChI=1S/C15H22N2O/c1-9(2)17-14(18)13-12(8-15(17,5)6)7-10(3)11(4)16-13/h7,9H,8H2,1-6H3. The van der Waals surface area contributed by atoms with Crippen molar-refractivity contribution in [2.24, 2.45) is 0 Å². The molecule has 1 aliphatic rings. The van der Waals surface area contributed by atoms with Gasteiger partial charge in [-0.05, 0) is 59.1 Å². The number of carbonyl (C=O) groups excluding carboxylic acids is 1. The van der Waals surface area contributed by atoms with Crippen molar-refractivity contribution < 1.29 is 4.79 Å². The minimum atomic E-state index is -0.137. The van der Waals surface area contributed by atoms with Crippen LogP contribution in [0.2, 0.25) is 0 Å². The monoisotopic (exact) mass is 246 g/mol. The first-order chi connectivity index (χ1) is 8.24. The molecule has 0 saturated carbocycles. The van der Waals surface area contributed by atoms with Crippen molar-refractivity contribution in [1.82, 2.24) is 9.88 Å². The van der Waals surface area contributed by atoms with Gasteiger partial charge in [0, 0.05) is 17.3 Å². The van der Waals surface area contributed by atoms with Gasteiger partial charge in [-0.15, -0.1) is 0 Å². The Hall–Kier alpha value is -1.38. The quantitative estimate of drug-likeness (QED) is 0.763. The summed E-state index contributed by atoms with van der Waals surface area (Å²) in [6.07, 6.45) is 0.875. The van der Waals surface area contributed by atoms with Gasteiger partial charge in [0.15, 0.2) is 0 Å². The average molecular weight is 246 g/mol. The molecule has 0 radical (unpaired) electrons. The number of hydrogen-bond acceptors (Lipinski definition) is 2. The highest BCUT2D eigenvalue weighted by Crippen LogP contribution is 2.32.